The van der Waals surface area contributed by atoms with Crippen molar-refractivity contribution in [2.75, 3.05) is 13.1 Å². The van der Waals surface area contributed by atoms with Crippen molar-refractivity contribution < 1.29 is 9.32 Å². The number of carbonyl (C=O) groups excluding carboxylic acids is 1. The van der Waals surface area contributed by atoms with Gasteiger partial charge in [0.1, 0.15) is 5.76 Å². The zero-order valence-corrected chi connectivity index (χ0v) is 16.3. The summed E-state index contributed by atoms with van der Waals surface area (Å²) in [5.41, 5.74) is 4.98. The standard InChI is InChI=1S/C21H23N5O2/c1-13-4-5-17(9-23-13)21(27)26-7-6-16(12-26)8-18-10-22-11-19(24-18)20-14(2)25-28-15(20)3/h4-5,9-11,16H,6-8,12H2,1-3H3/t16-/m0/s1. The Bertz CT molecular complexity index is 977. The summed E-state index contributed by atoms with van der Waals surface area (Å²) in [5, 5.41) is 4.00. The molecule has 144 valence electrons. The van der Waals surface area contributed by atoms with Gasteiger partial charge < -0.3 is 9.42 Å². The Morgan fingerprint density at radius 1 is 1.21 bits per heavy atom. The Labute approximate surface area is 163 Å². The second-order valence-corrected chi connectivity index (χ2v) is 7.39. The number of rotatable bonds is 4. The third kappa shape index (κ3) is 3.65. The largest absolute Gasteiger partial charge is 0.361 e. The van der Waals surface area contributed by atoms with Gasteiger partial charge in [0.2, 0.25) is 0 Å². The predicted octanol–water partition coefficient (Wildman–Crippen LogP) is 3.16. The van der Waals surface area contributed by atoms with Gasteiger partial charge in [-0.1, -0.05) is 5.16 Å². The molecule has 4 rings (SSSR count). The number of hydrogen-bond donors (Lipinski definition) is 0. The first-order chi connectivity index (χ1) is 13.5. The summed E-state index contributed by atoms with van der Waals surface area (Å²) in [7, 11) is 0. The Kier molecular flexibility index (Phi) is 4.90. The van der Waals surface area contributed by atoms with E-state index in [4.69, 9.17) is 9.51 Å². The highest BCUT2D eigenvalue weighted by Crippen LogP contribution is 2.26. The van der Waals surface area contributed by atoms with Crippen LogP contribution in [0.3, 0.4) is 0 Å². The van der Waals surface area contributed by atoms with E-state index in [1.807, 2.05) is 37.8 Å². The number of amides is 1. The second-order valence-electron chi connectivity index (χ2n) is 7.39. The number of likely N-dealkylation sites (tertiary alicyclic amines) is 1. The third-order valence-corrected chi connectivity index (χ3v) is 5.20. The van der Waals surface area contributed by atoms with E-state index in [0.717, 1.165) is 60.0 Å². The van der Waals surface area contributed by atoms with Crippen LogP contribution in [0.25, 0.3) is 11.3 Å². The number of carbonyl (C=O) groups is 1. The first kappa shape index (κ1) is 18.3. The van der Waals surface area contributed by atoms with Crippen LogP contribution in [0.15, 0.2) is 35.2 Å². The summed E-state index contributed by atoms with van der Waals surface area (Å²) in [5.74, 6) is 1.16. The fraction of sp³-hybridized carbons (Fsp3) is 0.381. The SMILES string of the molecule is Cc1ccc(C(=O)N2CC[C@@H](Cc3cncc(-c4c(C)noc4C)n3)C2)cn1. The summed E-state index contributed by atoms with van der Waals surface area (Å²) in [4.78, 5) is 27.9. The smallest absolute Gasteiger partial charge is 0.255 e. The molecule has 1 saturated heterocycles. The molecule has 7 nitrogen and oxygen atoms in total. The van der Waals surface area contributed by atoms with Gasteiger partial charge in [0.25, 0.3) is 5.91 Å². The number of aromatic nitrogens is 4. The van der Waals surface area contributed by atoms with E-state index in [1.54, 1.807) is 18.6 Å². The lowest BCUT2D eigenvalue weighted by Gasteiger charge is -2.16. The average molecular weight is 377 g/mol. The zero-order chi connectivity index (χ0) is 19.7. The van der Waals surface area contributed by atoms with Gasteiger partial charge in [0.15, 0.2) is 0 Å². The maximum Gasteiger partial charge on any atom is 0.255 e. The van der Waals surface area contributed by atoms with E-state index in [1.165, 1.54) is 0 Å². The van der Waals surface area contributed by atoms with Crippen LogP contribution in [0.1, 0.15) is 39.6 Å². The molecule has 0 unspecified atom stereocenters. The molecule has 0 aliphatic carbocycles. The van der Waals surface area contributed by atoms with Crippen molar-refractivity contribution in [1.82, 2.24) is 25.0 Å². The van der Waals surface area contributed by atoms with Gasteiger partial charge in [0.05, 0.1) is 34.4 Å². The molecule has 3 aromatic rings. The maximum absolute atomic E-state index is 12.7. The summed E-state index contributed by atoms with van der Waals surface area (Å²) >= 11 is 0. The molecule has 4 heterocycles. The van der Waals surface area contributed by atoms with Crippen LogP contribution >= 0.6 is 0 Å². The number of pyridine rings is 1. The molecule has 0 spiro atoms. The molecule has 1 amide bonds. The molecule has 7 heteroatoms. The topological polar surface area (TPSA) is 85.0 Å². The fourth-order valence-corrected chi connectivity index (χ4v) is 3.73. The molecule has 0 radical (unpaired) electrons. The van der Waals surface area contributed by atoms with Gasteiger partial charge in [-0.25, -0.2) is 4.98 Å². The Balaban J connectivity index is 1.44. The van der Waals surface area contributed by atoms with Crippen LogP contribution < -0.4 is 0 Å². The van der Waals surface area contributed by atoms with Gasteiger partial charge in [-0.2, -0.15) is 0 Å². The van der Waals surface area contributed by atoms with E-state index in [-0.39, 0.29) is 5.91 Å². The molecule has 3 aromatic heterocycles. The van der Waals surface area contributed by atoms with Gasteiger partial charge >= 0.3 is 0 Å². The van der Waals surface area contributed by atoms with Crippen LogP contribution in [0, 0.1) is 26.7 Å². The molecule has 0 aromatic carbocycles. The lowest BCUT2D eigenvalue weighted by atomic mass is 10.0. The van der Waals surface area contributed by atoms with Gasteiger partial charge in [0, 0.05) is 31.2 Å². The highest BCUT2D eigenvalue weighted by molar-refractivity contribution is 5.94. The summed E-state index contributed by atoms with van der Waals surface area (Å²) in [6.07, 6.45) is 6.95. The van der Waals surface area contributed by atoms with Crippen molar-refractivity contribution in [3.63, 3.8) is 0 Å². The number of aryl methyl sites for hydroxylation is 3. The summed E-state index contributed by atoms with van der Waals surface area (Å²) in [6.45, 7) is 7.18. The Morgan fingerprint density at radius 3 is 2.79 bits per heavy atom. The number of hydrogen-bond acceptors (Lipinski definition) is 6. The third-order valence-electron chi connectivity index (χ3n) is 5.20. The van der Waals surface area contributed by atoms with E-state index in [2.05, 4.69) is 15.1 Å². The van der Waals surface area contributed by atoms with Crippen molar-refractivity contribution >= 4 is 5.91 Å². The summed E-state index contributed by atoms with van der Waals surface area (Å²) in [6, 6.07) is 3.72. The summed E-state index contributed by atoms with van der Waals surface area (Å²) < 4.78 is 5.25. The molecular formula is C21H23N5O2. The van der Waals surface area contributed by atoms with Gasteiger partial charge in [-0.3, -0.25) is 14.8 Å². The highest BCUT2D eigenvalue weighted by atomic mass is 16.5. The van der Waals surface area contributed by atoms with Crippen molar-refractivity contribution in [1.29, 1.82) is 0 Å². The lowest BCUT2D eigenvalue weighted by molar-refractivity contribution is 0.0786. The fourth-order valence-electron chi connectivity index (χ4n) is 3.73. The molecular weight excluding hydrogens is 354 g/mol. The maximum atomic E-state index is 12.7. The molecule has 1 aliphatic rings. The molecule has 0 saturated carbocycles. The van der Waals surface area contributed by atoms with Crippen molar-refractivity contribution in [3.8, 4) is 11.3 Å². The van der Waals surface area contributed by atoms with Crippen molar-refractivity contribution in [3.05, 3.63) is 59.1 Å². The van der Waals surface area contributed by atoms with Crippen LogP contribution in [-0.4, -0.2) is 44.0 Å². The Hall–Kier alpha value is -3.09. The Morgan fingerprint density at radius 2 is 2.07 bits per heavy atom. The van der Waals surface area contributed by atoms with Crippen molar-refractivity contribution in [2.24, 2.45) is 5.92 Å². The molecule has 0 bridgehead atoms. The minimum absolute atomic E-state index is 0.0468. The minimum Gasteiger partial charge on any atom is -0.361 e. The monoisotopic (exact) mass is 377 g/mol. The highest BCUT2D eigenvalue weighted by Gasteiger charge is 2.27. The molecule has 0 N–H and O–H groups in total. The van der Waals surface area contributed by atoms with Crippen LogP contribution in [-0.2, 0) is 6.42 Å². The normalized spacial score (nSPS) is 16.5. The van der Waals surface area contributed by atoms with E-state index in [0.29, 0.717) is 11.5 Å². The van der Waals surface area contributed by atoms with E-state index >= 15 is 0 Å². The number of nitrogens with zero attached hydrogens (tertiary/aromatic N) is 5. The van der Waals surface area contributed by atoms with E-state index in [9.17, 15) is 4.79 Å². The second kappa shape index (κ2) is 7.50. The van der Waals surface area contributed by atoms with Crippen molar-refractivity contribution in [2.45, 2.75) is 33.6 Å². The zero-order valence-electron chi connectivity index (χ0n) is 16.3. The van der Waals surface area contributed by atoms with Gasteiger partial charge in [-0.15, -0.1) is 0 Å². The van der Waals surface area contributed by atoms with Gasteiger partial charge in [-0.05, 0) is 51.7 Å². The molecule has 28 heavy (non-hydrogen) atoms. The molecule has 1 atom stereocenters. The predicted molar refractivity (Wildman–Crippen MR) is 104 cm³/mol. The minimum atomic E-state index is 0.0468. The van der Waals surface area contributed by atoms with Crippen LogP contribution in [0.5, 0.6) is 0 Å². The first-order valence-corrected chi connectivity index (χ1v) is 9.47. The van der Waals surface area contributed by atoms with E-state index < -0.39 is 0 Å². The molecule has 1 aliphatic heterocycles. The lowest BCUT2D eigenvalue weighted by Crippen LogP contribution is -2.29. The first-order valence-electron chi connectivity index (χ1n) is 9.47. The average Bonchev–Trinajstić information content (AvgIpc) is 3.28. The molecule has 1 fully saturated rings. The van der Waals surface area contributed by atoms with Crippen LogP contribution in [0.2, 0.25) is 0 Å². The van der Waals surface area contributed by atoms with Crippen LogP contribution in [0.4, 0.5) is 0 Å². The quantitative estimate of drug-likeness (QED) is 0.694.